The van der Waals surface area contributed by atoms with E-state index in [1.165, 1.54) is 44.0 Å². The number of carbonyl (C=O) groups is 1. The van der Waals surface area contributed by atoms with E-state index in [2.05, 4.69) is 41.1 Å². The molecule has 0 aliphatic carbocycles. The summed E-state index contributed by atoms with van der Waals surface area (Å²) in [6.45, 7) is 7.13. The van der Waals surface area contributed by atoms with Crippen LogP contribution in [0, 0.1) is 0 Å². The van der Waals surface area contributed by atoms with Crippen LogP contribution in [0.25, 0.3) is 10.9 Å². The average molecular weight is 341 g/mol. The maximum Gasteiger partial charge on any atom is 0.325 e. The number of carbonyl (C=O) groups excluding carboxylic acids is 1. The molecule has 1 unspecified atom stereocenters. The smallest absolute Gasteiger partial charge is 0.325 e. The van der Waals surface area contributed by atoms with Crippen molar-refractivity contribution in [1.29, 1.82) is 0 Å². The summed E-state index contributed by atoms with van der Waals surface area (Å²) in [6.07, 6.45) is 4.80. The fraction of sp³-hybridized carbons (Fsp3) is 0.550. The maximum absolute atomic E-state index is 11.7. The minimum Gasteiger partial charge on any atom is -0.468 e. The van der Waals surface area contributed by atoms with Crippen LogP contribution in [-0.2, 0) is 22.6 Å². The minimum absolute atomic E-state index is 0.208. The van der Waals surface area contributed by atoms with E-state index >= 15 is 0 Å². The van der Waals surface area contributed by atoms with Crippen LogP contribution in [0.2, 0.25) is 0 Å². The average Bonchev–Trinajstić information content (AvgIpc) is 3.20. The number of methoxy groups -OCH3 is 1. The van der Waals surface area contributed by atoms with E-state index in [4.69, 9.17) is 4.74 Å². The number of nitrogens with zero attached hydrogens (tertiary/aromatic N) is 3. The van der Waals surface area contributed by atoms with E-state index in [-0.39, 0.29) is 12.5 Å². The zero-order valence-electron chi connectivity index (χ0n) is 15.1. The second kappa shape index (κ2) is 6.81. The third kappa shape index (κ3) is 3.18. The summed E-state index contributed by atoms with van der Waals surface area (Å²) in [5.41, 5.74) is 2.41. The molecule has 2 fully saturated rings. The number of aromatic nitrogens is 1. The maximum atomic E-state index is 11.7. The summed E-state index contributed by atoms with van der Waals surface area (Å²) in [5, 5.41) is 1.24. The van der Waals surface area contributed by atoms with Gasteiger partial charge in [0.25, 0.3) is 0 Å². The first-order valence-electron chi connectivity index (χ1n) is 9.27. The van der Waals surface area contributed by atoms with Crippen LogP contribution in [0.15, 0.2) is 30.5 Å². The first kappa shape index (κ1) is 16.6. The van der Waals surface area contributed by atoms with Gasteiger partial charge >= 0.3 is 5.97 Å². The summed E-state index contributed by atoms with van der Waals surface area (Å²) in [4.78, 5) is 17.0. The van der Waals surface area contributed by atoms with Gasteiger partial charge in [-0.3, -0.25) is 14.6 Å². The first-order chi connectivity index (χ1) is 12.2. The summed E-state index contributed by atoms with van der Waals surface area (Å²) in [5.74, 6) is -0.208. The molecule has 0 N–H and O–H groups in total. The fourth-order valence-electron chi connectivity index (χ4n) is 4.47. The largest absolute Gasteiger partial charge is 0.468 e. The molecule has 0 saturated carbocycles. The highest BCUT2D eigenvalue weighted by molar-refractivity contribution is 5.85. The van der Waals surface area contributed by atoms with Gasteiger partial charge in [0.15, 0.2) is 0 Å². The van der Waals surface area contributed by atoms with Crippen molar-refractivity contribution in [3.05, 3.63) is 36.0 Å². The van der Waals surface area contributed by atoms with E-state index in [9.17, 15) is 4.79 Å². The normalized spacial score (nSPS) is 24.6. The lowest BCUT2D eigenvalue weighted by atomic mass is 10.1. The standard InChI is InChI=1S/C20H27N3O2/c1-15-10-21-9-5-6-17(21)13-22(15)11-16-12-23(14-20(24)25-2)19-8-4-3-7-18(16)19/h3-4,7-8,12,15,17H,5-6,9-11,13-14H2,1-2H3/t15-,17?/m1/s1. The molecule has 2 atom stereocenters. The van der Waals surface area contributed by atoms with Crippen LogP contribution < -0.4 is 0 Å². The van der Waals surface area contributed by atoms with Gasteiger partial charge in [-0.05, 0) is 37.9 Å². The van der Waals surface area contributed by atoms with Gasteiger partial charge in [0.05, 0.1) is 7.11 Å². The van der Waals surface area contributed by atoms with E-state index in [0.717, 1.165) is 24.6 Å². The summed E-state index contributed by atoms with van der Waals surface area (Å²) in [7, 11) is 1.44. The number of hydrogen-bond donors (Lipinski definition) is 0. The first-order valence-corrected chi connectivity index (χ1v) is 9.27. The van der Waals surface area contributed by atoms with Crippen LogP contribution in [0.3, 0.4) is 0 Å². The van der Waals surface area contributed by atoms with Gasteiger partial charge in [-0.2, -0.15) is 0 Å². The van der Waals surface area contributed by atoms with Crippen molar-refractivity contribution in [2.75, 3.05) is 26.7 Å². The Morgan fingerprint density at radius 1 is 1.28 bits per heavy atom. The number of ether oxygens (including phenoxy) is 1. The van der Waals surface area contributed by atoms with E-state index in [1.54, 1.807) is 0 Å². The van der Waals surface area contributed by atoms with Gasteiger partial charge in [0.1, 0.15) is 6.54 Å². The van der Waals surface area contributed by atoms with Gasteiger partial charge in [-0.15, -0.1) is 0 Å². The molecule has 3 heterocycles. The lowest BCUT2D eigenvalue weighted by Crippen LogP contribution is -2.54. The second-order valence-electron chi connectivity index (χ2n) is 7.44. The molecule has 2 aliphatic heterocycles. The Labute approximate surface area is 149 Å². The number of piperazine rings is 1. The molecule has 1 aromatic heterocycles. The van der Waals surface area contributed by atoms with Crippen LogP contribution in [0.1, 0.15) is 25.3 Å². The quantitative estimate of drug-likeness (QED) is 0.801. The number of hydrogen-bond acceptors (Lipinski definition) is 4. The molecule has 1 aromatic carbocycles. The number of esters is 1. The monoisotopic (exact) mass is 341 g/mol. The lowest BCUT2D eigenvalue weighted by molar-refractivity contribution is -0.141. The fourth-order valence-corrected chi connectivity index (χ4v) is 4.47. The Morgan fingerprint density at radius 2 is 2.12 bits per heavy atom. The third-order valence-electron chi connectivity index (χ3n) is 5.84. The topological polar surface area (TPSA) is 37.7 Å². The highest BCUT2D eigenvalue weighted by Crippen LogP contribution is 2.28. The SMILES string of the molecule is COC(=O)Cn1cc(CN2CC3CCCN3C[C@H]2C)c2ccccc21. The van der Waals surface area contributed by atoms with Gasteiger partial charge in [-0.25, -0.2) is 0 Å². The zero-order valence-corrected chi connectivity index (χ0v) is 15.1. The molecule has 134 valence electrons. The van der Waals surface area contributed by atoms with E-state index in [0.29, 0.717) is 6.04 Å². The Hall–Kier alpha value is -1.85. The second-order valence-corrected chi connectivity index (χ2v) is 7.44. The molecule has 0 amide bonds. The van der Waals surface area contributed by atoms with E-state index < -0.39 is 0 Å². The van der Waals surface area contributed by atoms with Crippen molar-refractivity contribution in [2.45, 2.75) is 44.9 Å². The lowest BCUT2D eigenvalue weighted by Gasteiger charge is -2.42. The highest BCUT2D eigenvalue weighted by Gasteiger charge is 2.34. The summed E-state index contributed by atoms with van der Waals surface area (Å²) < 4.78 is 6.87. The van der Waals surface area contributed by atoms with Crippen molar-refractivity contribution < 1.29 is 9.53 Å². The molecule has 5 heteroatoms. The van der Waals surface area contributed by atoms with Gasteiger partial charge in [-0.1, -0.05) is 18.2 Å². The van der Waals surface area contributed by atoms with Crippen molar-refractivity contribution in [3.8, 4) is 0 Å². The third-order valence-corrected chi connectivity index (χ3v) is 5.84. The highest BCUT2D eigenvalue weighted by atomic mass is 16.5. The van der Waals surface area contributed by atoms with Gasteiger partial charge < -0.3 is 9.30 Å². The van der Waals surface area contributed by atoms with Crippen LogP contribution in [-0.4, -0.2) is 59.2 Å². The number of rotatable bonds is 4. The Morgan fingerprint density at radius 3 is 2.96 bits per heavy atom. The summed E-state index contributed by atoms with van der Waals surface area (Å²) in [6, 6.07) is 9.64. The summed E-state index contributed by atoms with van der Waals surface area (Å²) >= 11 is 0. The van der Waals surface area contributed by atoms with Crippen LogP contribution >= 0.6 is 0 Å². The Bertz CT molecular complexity index is 769. The molecule has 2 saturated heterocycles. The molecular formula is C20H27N3O2. The molecule has 25 heavy (non-hydrogen) atoms. The van der Waals surface area contributed by atoms with Gasteiger partial charge in [0.2, 0.25) is 0 Å². The number of benzene rings is 1. The molecule has 0 spiro atoms. The molecule has 2 aromatic rings. The predicted molar refractivity (Wildman–Crippen MR) is 98.4 cm³/mol. The van der Waals surface area contributed by atoms with Crippen LogP contribution in [0.5, 0.6) is 0 Å². The Balaban J connectivity index is 1.59. The Kier molecular flexibility index (Phi) is 4.52. The van der Waals surface area contributed by atoms with Gasteiger partial charge in [0, 0.05) is 48.8 Å². The van der Waals surface area contributed by atoms with Crippen molar-refractivity contribution >= 4 is 16.9 Å². The van der Waals surface area contributed by atoms with Crippen molar-refractivity contribution in [2.24, 2.45) is 0 Å². The molecule has 4 rings (SSSR count). The van der Waals surface area contributed by atoms with Crippen molar-refractivity contribution in [1.82, 2.24) is 14.4 Å². The molecular weight excluding hydrogens is 314 g/mol. The predicted octanol–water partition coefficient (Wildman–Crippen LogP) is 2.48. The minimum atomic E-state index is -0.208. The molecule has 2 aliphatic rings. The molecule has 0 radical (unpaired) electrons. The molecule has 5 nitrogen and oxygen atoms in total. The number of para-hydroxylation sites is 1. The van der Waals surface area contributed by atoms with E-state index in [1.807, 2.05) is 10.6 Å². The zero-order chi connectivity index (χ0) is 17.4. The van der Waals surface area contributed by atoms with Crippen molar-refractivity contribution in [3.63, 3.8) is 0 Å². The number of fused-ring (bicyclic) bond motifs is 2. The molecule has 0 bridgehead atoms. The van der Waals surface area contributed by atoms with Crippen LogP contribution in [0.4, 0.5) is 0 Å².